The first-order valence-corrected chi connectivity index (χ1v) is 11.7. The van der Waals surface area contributed by atoms with Gasteiger partial charge < -0.3 is 14.5 Å². The Morgan fingerprint density at radius 2 is 1.86 bits per heavy atom. The van der Waals surface area contributed by atoms with Gasteiger partial charge in [-0.15, -0.1) is 23.7 Å². The van der Waals surface area contributed by atoms with E-state index in [-0.39, 0.29) is 18.0 Å². The highest BCUT2D eigenvalue weighted by atomic mass is 35.5. The summed E-state index contributed by atoms with van der Waals surface area (Å²) < 4.78 is 10.3. The van der Waals surface area contributed by atoms with Crippen LogP contribution in [0.15, 0.2) is 69.9 Å². The smallest absolute Gasteiger partial charge is 0.349 e. The molecule has 1 aliphatic rings. The number of nitrogens with zero attached hydrogens (tertiary/aromatic N) is 1. The third kappa shape index (κ3) is 5.00. The molecule has 0 radical (unpaired) electrons. The molecule has 35 heavy (non-hydrogen) atoms. The minimum absolute atomic E-state index is 0. The van der Waals surface area contributed by atoms with E-state index in [1.807, 2.05) is 18.2 Å². The molecular formula is C26H23ClN2O5S. The van der Waals surface area contributed by atoms with Gasteiger partial charge in [-0.1, -0.05) is 48.5 Å². The van der Waals surface area contributed by atoms with Gasteiger partial charge in [0.15, 0.2) is 0 Å². The van der Waals surface area contributed by atoms with E-state index < -0.39 is 17.5 Å². The topological polar surface area (TPSA) is 88.8 Å². The number of benzene rings is 2. The maximum Gasteiger partial charge on any atom is 0.349 e. The van der Waals surface area contributed by atoms with Crippen molar-refractivity contribution in [1.29, 1.82) is 0 Å². The second-order valence-corrected chi connectivity index (χ2v) is 9.19. The third-order valence-corrected chi connectivity index (χ3v) is 7.02. The van der Waals surface area contributed by atoms with Crippen molar-refractivity contribution in [2.24, 2.45) is 0 Å². The molecule has 5 rings (SSSR count). The lowest BCUT2D eigenvalue weighted by Crippen LogP contribution is -2.29. The number of amides is 1. The summed E-state index contributed by atoms with van der Waals surface area (Å²) in [6.45, 7) is 2.24. The average Bonchev–Trinajstić information content (AvgIpc) is 3.20. The summed E-state index contributed by atoms with van der Waals surface area (Å²) in [4.78, 5) is 41.4. The second-order valence-electron chi connectivity index (χ2n) is 8.09. The zero-order valence-corrected chi connectivity index (χ0v) is 20.5. The normalized spacial score (nSPS) is 13.1. The Morgan fingerprint density at radius 1 is 1.11 bits per heavy atom. The summed E-state index contributed by atoms with van der Waals surface area (Å²) >= 11 is 1.35. The predicted molar refractivity (Wildman–Crippen MR) is 138 cm³/mol. The van der Waals surface area contributed by atoms with Crippen molar-refractivity contribution in [2.75, 3.05) is 19.0 Å². The second kappa shape index (κ2) is 10.4. The van der Waals surface area contributed by atoms with Crippen molar-refractivity contribution in [2.45, 2.75) is 19.5 Å². The van der Waals surface area contributed by atoms with Crippen LogP contribution in [0, 0.1) is 0 Å². The highest BCUT2D eigenvalue weighted by molar-refractivity contribution is 7.17. The zero-order valence-electron chi connectivity index (χ0n) is 18.9. The lowest BCUT2D eigenvalue weighted by atomic mass is 10.0. The molecule has 0 fully saturated rings. The molecule has 0 saturated heterocycles. The molecule has 1 aliphatic heterocycles. The number of fused-ring (bicyclic) bond motifs is 2. The maximum absolute atomic E-state index is 13.0. The van der Waals surface area contributed by atoms with Crippen LogP contribution in [0.1, 0.15) is 36.7 Å². The Kier molecular flexibility index (Phi) is 7.35. The van der Waals surface area contributed by atoms with Gasteiger partial charge in [0.25, 0.3) is 5.91 Å². The van der Waals surface area contributed by atoms with Crippen LogP contribution in [0.4, 0.5) is 5.00 Å². The summed E-state index contributed by atoms with van der Waals surface area (Å²) in [6, 6.07) is 18.7. The first-order chi connectivity index (χ1) is 16.5. The Labute approximate surface area is 211 Å². The monoisotopic (exact) mass is 510 g/mol. The Morgan fingerprint density at radius 3 is 2.63 bits per heavy atom. The number of methoxy groups -OCH3 is 1. The molecule has 2 aromatic heterocycles. The molecule has 7 nitrogen and oxygen atoms in total. The summed E-state index contributed by atoms with van der Waals surface area (Å²) in [5.41, 5.74) is 2.02. The maximum atomic E-state index is 13.0. The molecule has 1 N–H and O–H groups in total. The molecule has 1 amide bonds. The fraction of sp³-hybridized carbons (Fsp3) is 0.192. The van der Waals surface area contributed by atoms with Gasteiger partial charge in [0.1, 0.15) is 16.1 Å². The number of anilines is 1. The standard InChI is InChI=1S/C26H22N2O5S.ClH/c1-32-26(31)22-18-11-12-28(14-16-7-3-2-4-8-16)15-21(18)34-24(22)27-23(29)19-13-17-9-5-6-10-20(17)33-25(19)30;/h2-10,13H,11-12,14-15H2,1H3,(H,27,29);1H. The van der Waals surface area contributed by atoms with Crippen LogP contribution < -0.4 is 10.9 Å². The summed E-state index contributed by atoms with van der Waals surface area (Å²) in [7, 11) is 1.32. The van der Waals surface area contributed by atoms with E-state index in [0.29, 0.717) is 34.5 Å². The van der Waals surface area contributed by atoms with Crippen LogP contribution >= 0.6 is 23.7 Å². The van der Waals surface area contributed by atoms with Gasteiger partial charge in [-0.3, -0.25) is 9.69 Å². The van der Waals surface area contributed by atoms with Crippen LogP contribution in [0.2, 0.25) is 0 Å². The fourth-order valence-electron chi connectivity index (χ4n) is 4.23. The number of nitrogens with one attached hydrogen (secondary N) is 1. The fourth-order valence-corrected chi connectivity index (χ4v) is 5.50. The van der Waals surface area contributed by atoms with E-state index in [1.165, 1.54) is 30.1 Å². The van der Waals surface area contributed by atoms with E-state index in [9.17, 15) is 14.4 Å². The highest BCUT2D eigenvalue weighted by Gasteiger charge is 2.30. The van der Waals surface area contributed by atoms with E-state index in [1.54, 1.807) is 24.3 Å². The number of thiophene rings is 1. The summed E-state index contributed by atoms with van der Waals surface area (Å²) in [5, 5.41) is 3.80. The predicted octanol–water partition coefficient (Wildman–Crippen LogP) is 4.87. The van der Waals surface area contributed by atoms with Crippen LogP contribution in [0.3, 0.4) is 0 Å². The van der Waals surface area contributed by atoms with Gasteiger partial charge in [0, 0.05) is 29.9 Å². The molecular weight excluding hydrogens is 488 g/mol. The SMILES string of the molecule is COC(=O)c1c(NC(=O)c2cc3ccccc3oc2=O)sc2c1CCN(Cc1ccccc1)C2.Cl. The van der Waals surface area contributed by atoms with E-state index in [4.69, 9.17) is 9.15 Å². The molecule has 0 spiro atoms. The molecule has 2 aromatic carbocycles. The number of ether oxygens (including phenoxy) is 1. The van der Waals surface area contributed by atoms with Gasteiger partial charge in [-0.2, -0.15) is 0 Å². The molecule has 180 valence electrons. The molecule has 0 aliphatic carbocycles. The lowest BCUT2D eigenvalue weighted by Gasteiger charge is -2.27. The quantitative estimate of drug-likeness (QED) is 0.304. The summed E-state index contributed by atoms with van der Waals surface area (Å²) in [5.74, 6) is -1.13. The number of rotatable bonds is 5. The van der Waals surface area contributed by atoms with E-state index >= 15 is 0 Å². The number of carbonyl (C=O) groups excluding carboxylic acids is 2. The zero-order chi connectivity index (χ0) is 23.7. The molecule has 0 unspecified atom stereocenters. The van der Waals surface area contributed by atoms with E-state index in [2.05, 4.69) is 22.3 Å². The Hall–Kier alpha value is -3.46. The van der Waals surface area contributed by atoms with Gasteiger partial charge >= 0.3 is 11.6 Å². The minimum Gasteiger partial charge on any atom is -0.465 e. The molecule has 0 saturated carbocycles. The lowest BCUT2D eigenvalue weighted by molar-refractivity contribution is 0.0600. The molecule has 4 aromatic rings. The highest BCUT2D eigenvalue weighted by Crippen LogP contribution is 2.38. The van der Waals surface area contributed by atoms with Gasteiger partial charge in [-0.25, -0.2) is 9.59 Å². The summed E-state index contributed by atoms with van der Waals surface area (Å²) in [6.07, 6.45) is 0.664. The van der Waals surface area contributed by atoms with Crippen molar-refractivity contribution in [1.82, 2.24) is 4.90 Å². The minimum atomic E-state index is -0.730. The van der Waals surface area contributed by atoms with Crippen molar-refractivity contribution in [3.63, 3.8) is 0 Å². The van der Waals surface area contributed by atoms with Crippen molar-refractivity contribution in [3.8, 4) is 0 Å². The first-order valence-electron chi connectivity index (χ1n) is 10.9. The van der Waals surface area contributed by atoms with Gasteiger partial charge in [0.2, 0.25) is 0 Å². The van der Waals surface area contributed by atoms with Crippen molar-refractivity contribution < 1.29 is 18.7 Å². The van der Waals surface area contributed by atoms with Crippen LogP contribution in [-0.4, -0.2) is 30.4 Å². The average molecular weight is 511 g/mol. The van der Waals surface area contributed by atoms with Crippen LogP contribution in [-0.2, 0) is 24.2 Å². The number of hydrogen-bond acceptors (Lipinski definition) is 7. The number of hydrogen-bond donors (Lipinski definition) is 1. The van der Waals surface area contributed by atoms with Crippen molar-refractivity contribution >= 4 is 51.6 Å². The Balaban J connectivity index is 0.00000289. The van der Waals surface area contributed by atoms with Gasteiger partial charge in [0.05, 0.1) is 12.7 Å². The molecule has 0 bridgehead atoms. The molecule has 3 heterocycles. The largest absolute Gasteiger partial charge is 0.465 e. The molecule has 9 heteroatoms. The van der Waals surface area contributed by atoms with Gasteiger partial charge in [-0.05, 0) is 29.7 Å². The Bertz CT molecular complexity index is 1450. The number of carbonyl (C=O) groups is 2. The number of para-hydroxylation sites is 1. The van der Waals surface area contributed by atoms with E-state index in [0.717, 1.165) is 23.5 Å². The van der Waals surface area contributed by atoms with Crippen molar-refractivity contribution in [3.05, 3.63) is 98.2 Å². The third-order valence-electron chi connectivity index (χ3n) is 5.89. The number of esters is 1. The molecule has 0 atom stereocenters. The first kappa shape index (κ1) is 24.7. The van der Waals surface area contributed by atoms with Crippen LogP contribution in [0.25, 0.3) is 11.0 Å². The number of halogens is 1. The van der Waals surface area contributed by atoms with Crippen LogP contribution in [0.5, 0.6) is 0 Å².